The lowest BCUT2D eigenvalue weighted by atomic mass is 10.1. The fourth-order valence-corrected chi connectivity index (χ4v) is 5.96. The summed E-state index contributed by atoms with van der Waals surface area (Å²) in [5.41, 5.74) is 1.95. The summed E-state index contributed by atoms with van der Waals surface area (Å²) in [6, 6.07) is 12.8. The summed E-state index contributed by atoms with van der Waals surface area (Å²) in [5.74, 6) is 1.73. The van der Waals surface area contributed by atoms with Gasteiger partial charge in [-0.25, -0.2) is 13.7 Å². The standard InChI is InChI=1S/C36H55N2O7P/c1-5-8-9-10-11-12-13-14-15-16-26-42-35-18-17-19-36(31(35)4)43-28-34(41-7-3)29-44-46(39,40)45-33-22-20-32(21-23-33)27-38-25-24-37(6-2)30-38/h17-25,30,34H,5-16,26-29H2,1-4H3/p+1. The molecule has 256 valence electrons. The lowest BCUT2D eigenvalue weighted by Crippen LogP contribution is -2.28. The van der Waals surface area contributed by atoms with Crippen LogP contribution < -0.4 is 18.6 Å². The van der Waals surface area contributed by atoms with Gasteiger partial charge in [-0.15, -0.1) is 0 Å². The van der Waals surface area contributed by atoms with Gasteiger partial charge in [0.25, 0.3) is 0 Å². The Morgan fingerprint density at radius 2 is 1.50 bits per heavy atom. The van der Waals surface area contributed by atoms with Crippen LogP contribution in [-0.2, 0) is 26.9 Å². The van der Waals surface area contributed by atoms with E-state index in [9.17, 15) is 9.46 Å². The molecule has 3 rings (SSSR count). The number of imidazole rings is 1. The SMILES string of the molecule is CCCCCCCCCCCCOc1cccc(OCC(COP(=O)(O)Oc2ccc(Cn3cc[n+](CC)c3)cc2)OCC)c1C. The van der Waals surface area contributed by atoms with Gasteiger partial charge in [-0.2, -0.15) is 0 Å². The highest BCUT2D eigenvalue weighted by atomic mass is 31.2. The predicted molar refractivity (Wildman–Crippen MR) is 182 cm³/mol. The molecule has 0 amide bonds. The van der Waals surface area contributed by atoms with Gasteiger partial charge >= 0.3 is 7.82 Å². The number of unbranched alkanes of at least 4 members (excludes halogenated alkanes) is 9. The van der Waals surface area contributed by atoms with Crippen molar-refractivity contribution in [1.29, 1.82) is 0 Å². The van der Waals surface area contributed by atoms with Crippen LogP contribution in [0.1, 0.15) is 96.1 Å². The molecule has 1 heterocycles. The molecule has 3 aromatic rings. The van der Waals surface area contributed by atoms with Crippen molar-refractivity contribution in [2.45, 2.75) is 111 Å². The van der Waals surface area contributed by atoms with Crippen LogP contribution in [0.2, 0.25) is 0 Å². The van der Waals surface area contributed by atoms with Gasteiger partial charge in [0, 0.05) is 12.2 Å². The van der Waals surface area contributed by atoms with Crippen LogP contribution in [0, 0.1) is 6.92 Å². The minimum atomic E-state index is -4.38. The van der Waals surface area contributed by atoms with E-state index in [4.69, 9.17) is 23.3 Å². The Morgan fingerprint density at radius 3 is 2.13 bits per heavy atom. The van der Waals surface area contributed by atoms with Crippen LogP contribution in [0.15, 0.2) is 61.2 Å². The zero-order valence-corrected chi connectivity index (χ0v) is 29.3. The first-order valence-corrected chi connectivity index (χ1v) is 18.6. The maximum Gasteiger partial charge on any atom is 0.527 e. The predicted octanol–water partition coefficient (Wildman–Crippen LogP) is 8.43. The van der Waals surface area contributed by atoms with Gasteiger partial charge < -0.3 is 18.7 Å². The molecule has 46 heavy (non-hydrogen) atoms. The normalized spacial score (nSPS) is 13.3. The van der Waals surface area contributed by atoms with E-state index in [2.05, 4.69) is 23.0 Å². The summed E-state index contributed by atoms with van der Waals surface area (Å²) < 4.78 is 45.3. The average Bonchev–Trinajstić information content (AvgIpc) is 3.51. The maximum atomic E-state index is 12.7. The van der Waals surface area contributed by atoms with E-state index in [1.54, 1.807) is 12.1 Å². The molecule has 2 aromatic carbocycles. The third-order valence-corrected chi connectivity index (χ3v) is 8.78. The van der Waals surface area contributed by atoms with Crippen molar-refractivity contribution in [3.63, 3.8) is 0 Å². The molecule has 0 saturated carbocycles. The molecule has 0 fully saturated rings. The van der Waals surface area contributed by atoms with E-state index in [0.29, 0.717) is 25.5 Å². The number of phosphoric ester groups is 1. The van der Waals surface area contributed by atoms with E-state index < -0.39 is 13.9 Å². The molecule has 0 spiro atoms. The Hall–Kier alpha value is -2.84. The zero-order valence-electron chi connectivity index (χ0n) is 28.4. The minimum Gasteiger partial charge on any atom is -0.493 e. The summed E-state index contributed by atoms with van der Waals surface area (Å²) >= 11 is 0. The molecule has 1 N–H and O–H groups in total. The van der Waals surface area contributed by atoms with Crippen LogP contribution >= 0.6 is 7.82 Å². The molecule has 10 heteroatoms. The molecule has 2 atom stereocenters. The topological polar surface area (TPSA) is 92.3 Å². The molecule has 9 nitrogen and oxygen atoms in total. The van der Waals surface area contributed by atoms with E-state index in [1.807, 2.05) is 62.9 Å². The largest absolute Gasteiger partial charge is 0.527 e. The quantitative estimate of drug-likeness (QED) is 0.0555. The molecule has 0 radical (unpaired) electrons. The summed E-state index contributed by atoms with van der Waals surface area (Å²) in [4.78, 5) is 10.4. The number of aromatic nitrogens is 2. The van der Waals surface area contributed by atoms with Crippen molar-refractivity contribution in [1.82, 2.24) is 4.57 Å². The molecular formula is C36H56N2O7P+. The second-order valence-electron chi connectivity index (χ2n) is 11.7. The van der Waals surface area contributed by atoms with Gasteiger partial charge in [-0.05, 0) is 57.0 Å². The highest BCUT2D eigenvalue weighted by Crippen LogP contribution is 2.44. The van der Waals surface area contributed by atoms with Crippen LogP contribution in [0.4, 0.5) is 0 Å². The number of ether oxygens (including phenoxy) is 3. The van der Waals surface area contributed by atoms with Gasteiger partial charge in [0.05, 0.1) is 19.8 Å². The highest BCUT2D eigenvalue weighted by molar-refractivity contribution is 7.47. The monoisotopic (exact) mass is 659 g/mol. The van der Waals surface area contributed by atoms with Gasteiger partial charge in [-0.1, -0.05) is 82.9 Å². The second kappa shape index (κ2) is 21.1. The van der Waals surface area contributed by atoms with Crippen LogP contribution in [-0.4, -0.2) is 42.0 Å². The zero-order chi connectivity index (χ0) is 33.0. The van der Waals surface area contributed by atoms with Crippen molar-refractivity contribution in [2.24, 2.45) is 0 Å². The number of phosphoric acid groups is 1. The Balaban J connectivity index is 1.39. The highest BCUT2D eigenvalue weighted by Gasteiger charge is 2.26. The first kappa shape index (κ1) is 37.6. The van der Waals surface area contributed by atoms with Gasteiger partial charge in [-0.3, -0.25) is 9.42 Å². The van der Waals surface area contributed by atoms with Crippen molar-refractivity contribution in [3.05, 3.63) is 72.3 Å². The molecule has 0 saturated heterocycles. The van der Waals surface area contributed by atoms with E-state index in [-0.39, 0.29) is 19.0 Å². The molecule has 0 aliphatic heterocycles. The van der Waals surface area contributed by atoms with E-state index in [0.717, 1.165) is 29.8 Å². The number of hydrogen-bond acceptors (Lipinski definition) is 6. The average molecular weight is 660 g/mol. The number of nitrogens with zero attached hydrogens (tertiary/aromatic N) is 2. The summed E-state index contributed by atoms with van der Waals surface area (Å²) in [5, 5.41) is 0. The second-order valence-corrected chi connectivity index (χ2v) is 13.1. The molecule has 0 aliphatic rings. The molecule has 0 aliphatic carbocycles. The van der Waals surface area contributed by atoms with Gasteiger partial charge in [0.2, 0.25) is 6.33 Å². The Kier molecular flexibility index (Phi) is 17.3. The molecule has 1 aromatic heterocycles. The minimum absolute atomic E-state index is 0.142. The summed E-state index contributed by atoms with van der Waals surface area (Å²) in [6.07, 6.45) is 18.4. The number of rotatable bonds is 25. The van der Waals surface area contributed by atoms with Crippen molar-refractivity contribution in [2.75, 3.05) is 26.4 Å². The number of hydrogen-bond donors (Lipinski definition) is 1. The maximum absolute atomic E-state index is 12.7. The first-order valence-electron chi connectivity index (χ1n) is 17.1. The molecule has 0 bridgehead atoms. The van der Waals surface area contributed by atoms with Crippen LogP contribution in [0.5, 0.6) is 17.2 Å². The van der Waals surface area contributed by atoms with E-state index >= 15 is 0 Å². The van der Waals surface area contributed by atoms with Crippen molar-refractivity contribution >= 4 is 7.82 Å². The van der Waals surface area contributed by atoms with E-state index in [1.165, 1.54) is 57.8 Å². The van der Waals surface area contributed by atoms with Crippen LogP contribution in [0.3, 0.4) is 0 Å². The Morgan fingerprint density at radius 1 is 0.848 bits per heavy atom. The first-order chi connectivity index (χ1) is 22.3. The molecule has 2 unspecified atom stereocenters. The third kappa shape index (κ3) is 14.3. The lowest BCUT2D eigenvalue weighted by Gasteiger charge is -2.21. The lowest BCUT2D eigenvalue weighted by molar-refractivity contribution is -0.693. The Bertz CT molecular complexity index is 1300. The van der Waals surface area contributed by atoms with Crippen molar-refractivity contribution < 1.29 is 37.3 Å². The van der Waals surface area contributed by atoms with Gasteiger partial charge in [0.1, 0.15) is 48.9 Å². The van der Waals surface area contributed by atoms with Crippen LogP contribution in [0.25, 0.3) is 0 Å². The van der Waals surface area contributed by atoms with Gasteiger partial charge in [0.15, 0.2) is 0 Å². The summed E-state index contributed by atoms with van der Waals surface area (Å²) in [7, 11) is -4.38. The third-order valence-electron chi connectivity index (χ3n) is 7.86. The fourth-order valence-electron chi connectivity index (χ4n) is 5.16. The van der Waals surface area contributed by atoms with Crippen molar-refractivity contribution in [3.8, 4) is 17.2 Å². The summed E-state index contributed by atoms with van der Waals surface area (Å²) in [6.45, 7) is 10.8. The number of benzene rings is 2. The molecular weight excluding hydrogens is 603 g/mol. The Labute approximate surface area is 276 Å². The smallest absolute Gasteiger partial charge is 0.493 e. The number of aryl methyl sites for hydroxylation is 1. The fraction of sp³-hybridized carbons (Fsp3) is 0.583.